The summed E-state index contributed by atoms with van der Waals surface area (Å²) in [5, 5.41) is 2.25. The SMILES string of the molecule is CC[NH2+]CC.S=C([S-])N(C1CCCC1)C1CCCC1. The molecule has 0 heterocycles. The fourth-order valence-electron chi connectivity index (χ4n) is 3.25. The van der Waals surface area contributed by atoms with Crippen LogP contribution in [0.4, 0.5) is 0 Å². The maximum atomic E-state index is 5.23. The van der Waals surface area contributed by atoms with E-state index in [9.17, 15) is 0 Å². The number of hydrogen-bond acceptors (Lipinski definition) is 2. The van der Waals surface area contributed by atoms with E-state index < -0.39 is 0 Å². The van der Waals surface area contributed by atoms with Gasteiger partial charge in [0.2, 0.25) is 0 Å². The van der Waals surface area contributed by atoms with Crippen LogP contribution < -0.4 is 5.32 Å². The molecule has 2 N–H and O–H groups in total. The summed E-state index contributed by atoms with van der Waals surface area (Å²) in [6.45, 7) is 6.75. The van der Waals surface area contributed by atoms with Crippen LogP contribution in [-0.4, -0.2) is 34.4 Å². The monoisotopic (exact) mass is 302 g/mol. The van der Waals surface area contributed by atoms with Crippen molar-refractivity contribution in [2.45, 2.75) is 77.3 Å². The highest BCUT2D eigenvalue weighted by Gasteiger charge is 2.28. The Morgan fingerprint density at radius 2 is 1.37 bits per heavy atom. The summed E-state index contributed by atoms with van der Waals surface area (Å²) in [4.78, 5) is 2.39. The Balaban J connectivity index is 0.000000312. The van der Waals surface area contributed by atoms with Crippen LogP contribution >= 0.6 is 12.2 Å². The Morgan fingerprint density at radius 1 is 1.00 bits per heavy atom. The summed E-state index contributed by atoms with van der Waals surface area (Å²) in [7, 11) is 0. The van der Waals surface area contributed by atoms with Gasteiger partial charge in [-0.25, -0.2) is 0 Å². The van der Waals surface area contributed by atoms with E-state index in [1.807, 2.05) is 0 Å². The van der Waals surface area contributed by atoms with E-state index in [4.69, 9.17) is 24.8 Å². The van der Waals surface area contributed by atoms with Gasteiger partial charge in [-0.15, -0.1) is 0 Å². The molecule has 0 aromatic heterocycles. The first-order chi connectivity index (χ1) is 9.20. The predicted molar refractivity (Wildman–Crippen MR) is 89.3 cm³/mol. The van der Waals surface area contributed by atoms with Crippen LogP contribution in [0.3, 0.4) is 0 Å². The lowest BCUT2D eigenvalue weighted by Crippen LogP contribution is -2.82. The van der Waals surface area contributed by atoms with E-state index >= 15 is 0 Å². The Hall–Kier alpha value is 0.0700. The van der Waals surface area contributed by atoms with Gasteiger partial charge in [0.25, 0.3) is 0 Å². The van der Waals surface area contributed by atoms with Crippen LogP contribution in [0.2, 0.25) is 0 Å². The third-order valence-electron chi connectivity index (χ3n) is 4.22. The smallest absolute Gasteiger partial charge is 0.0726 e. The van der Waals surface area contributed by atoms with Crippen molar-refractivity contribution >= 4 is 29.2 Å². The molecule has 0 radical (unpaired) electrons. The van der Waals surface area contributed by atoms with E-state index in [0.29, 0.717) is 12.1 Å². The number of quaternary nitrogens is 1. The summed E-state index contributed by atoms with van der Waals surface area (Å²) in [6.07, 6.45) is 10.7. The lowest BCUT2D eigenvalue weighted by atomic mass is 10.1. The lowest BCUT2D eigenvalue weighted by molar-refractivity contribution is -0.648. The Morgan fingerprint density at radius 3 is 1.58 bits per heavy atom. The quantitative estimate of drug-likeness (QED) is 0.636. The Bertz CT molecular complexity index is 229. The van der Waals surface area contributed by atoms with Crippen molar-refractivity contribution in [2.24, 2.45) is 0 Å². The van der Waals surface area contributed by atoms with Gasteiger partial charge in [-0.1, -0.05) is 30.0 Å². The van der Waals surface area contributed by atoms with Gasteiger partial charge < -0.3 is 35.1 Å². The van der Waals surface area contributed by atoms with E-state index in [1.165, 1.54) is 64.5 Å². The van der Waals surface area contributed by atoms with Crippen molar-refractivity contribution < 1.29 is 5.32 Å². The highest BCUT2D eigenvalue weighted by molar-refractivity contribution is 8.00. The van der Waals surface area contributed by atoms with E-state index in [-0.39, 0.29) is 0 Å². The van der Waals surface area contributed by atoms with Crippen molar-refractivity contribution in [3.63, 3.8) is 0 Å². The standard InChI is InChI=1S/C11H19NS2.C4H11N/c13-11(14)12(9-5-1-2-6-9)10-7-3-4-8-10;1-3-5-4-2/h9-10H,1-8H2,(H,13,14);5H,3-4H2,1-2H3. The van der Waals surface area contributed by atoms with Crippen molar-refractivity contribution in [2.75, 3.05) is 13.1 Å². The van der Waals surface area contributed by atoms with Crippen LogP contribution in [-0.2, 0) is 12.6 Å². The molecule has 0 aromatic rings. The van der Waals surface area contributed by atoms with Crippen molar-refractivity contribution in [1.82, 2.24) is 4.90 Å². The average molecular weight is 303 g/mol. The highest BCUT2D eigenvalue weighted by Crippen LogP contribution is 2.31. The Labute approximate surface area is 130 Å². The van der Waals surface area contributed by atoms with Crippen LogP contribution in [0, 0.1) is 0 Å². The number of thiocarbonyl (C=S) groups is 1. The lowest BCUT2D eigenvalue weighted by Gasteiger charge is -2.39. The van der Waals surface area contributed by atoms with Gasteiger partial charge in [0.05, 0.1) is 13.1 Å². The molecule has 2 rings (SSSR count). The second-order valence-corrected chi connectivity index (χ2v) is 6.69. The first-order valence-electron chi connectivity index (χ1n) is 8.01. The summed E-state index contributed by atoms with van der Waals surface area (Å²) in [5.41, 5.74) is 0. The molecule has 0 unspecified atom stereocenters. The van der Waals surface area contributed by atoms with Gasteiger partial charge in [0.15, 0.2) is 0 Å². The number of nitrogens with two attached hydrogens (primary N) is 1. The van der Waals surface area contributed by atoms with Crippen molar-refractivity contribution in [3.8, 4) is 0 Å². The van der Waals surface area contributed by atoms with Crippen molar-refractivity contribution in [3.05, 3.63) is 0 Å². The van der Waals surface area contributed by atoms with Gasteiger partial charge in [-0.05, 0) is 39.5 Å². The molecule has 2 aliphatic rings. The molecule has 4 heteroatoms. The molecule has 0 aliphatic heterocycles. The molecule has 2 saturated carbocycles. The summed E-state index contributed by atoms with van der Waals surface area (Å²) in [6, 6.07) is 1.37. The maximum absolute atomic E-state index is 5.23. The van der Waals surface area contributed by atoms with E-state index in [1.54, 1.807) is 0 Å². The molecule has 0 atom stereocenters. The highest BCUT2D eigenvalue weighted by atomic mass is 32.1. The van der Waals surface area contributed by atoms with Gasteiger partial charge in [-0.2, -0.15) is 0 Å². The van der Waals surface area contributed by atoms with Crippen LogP contribution in [0.15, 0.2) is 0 Å². The number of rotatable bonds is 4. The molecule has 2 aliphatic carbocycles. The van der Waals surface area contributed by atoms with Gasteiger partial charge in [0, 0.05) is 12.1 Å². The predicted octanol–water partition coefficient (Wildman–Crippen LogP) is 2.60. The zero-order valence-corrected chi connectivity index (χ0v) is 14.2. The van der Waals surface area contributed by atoms with Gasteiger partial charge in [0.1, 0.15) is 0 Å². The summed E-state index contributed by atoms with van der Waals surface area (Å²) < 4.78 is 0.726. The summed E-state index contributed by atoms with van der Waals surface area (Å²) >= 11 is 10.5. The molecule has 112 valence electrons. The molecule has 2 fully saturated rings. The minimum Gasteiger partial charge on any atom is -0.411 e. The molecular formula is C15H30N2S2. The fourth-order valence-corrected chi connectivity index (χ4v) is 3.85. The van der Waals surface area contributed by atoms with Crippen LogP contribution in [0.25, 0.3) is 0 Å². The molecule has 0 saturated heterocycles. The first kappa shape index (κ1) is 17.1. The molecular weight excluding hydrogens is 272 g/mol. The number of nitrogens with zero attached hydrogens (tertiary/aromatic N) is 1. The van der Waals surface area contributed by atoms with Crippen LogP contribution in [0.5, 0.6) is 0 Å². The topological polar surface area (TPSA) is 19.9 Å². The minimum absolute atomic E-state index is 0.683. The number of hydrogen-bond donors (Lipinski definition) is 1. The average Bonchev–Trinajstić information content (AvgIpc) is 3.04. The molecule has 0 bridgehead atoms. The summed E-state index contributed by atoms with van der Waals surface area (Å²) in [5.74, 6) is 0. The zero-order valence-electron chi connectivity index (χ0n) is 12.6. The molecule has 0 amide bonds. The largest absolute Gasteiger partial charge is 0.411 e. The zero-order chi connectivity index (χ0) is 14.1. The van der Waals surface area contributed by atoms with Gasteiger partial charge in [-0.3, -0.25) is 0 Å². The maximum Gasteiger partial charge on any atom is 0.0726 e. The normalized spacial score (nSPS) is 20.1. The fraction of sp³-hybridized carbons (Fsp3) is 0.933. The van der Waals surface area contributed by atoms with E-state index in [2.05, 4.69) is 24.1 Å². The van der Waals surface area contributed by atoms with E-state index in [0.717, 1.165) is 4.32 Å². The third-order valence-corrected chi connectivity index (χ3v) is 4.65. The second-order valence-electron chi connectivity index (χ2n) is 5.65. The molecule has 0 aromatic carbocycles. The first-order valence-corrected chi connectivity index (χ1v) is 8.83. The molecule has 2 nitrogen and oxygen atoms in total. The van der Waals surface area contributed by atoms with Crippen LogP contribution in [0.1, 0.15) is 65.2 Å². The molecule has 19 heavy (non-hydrogen) atoms. The van der Waals surface area contributed by atoms with Crippen molar-refractivity contribution in [1.29, 1.82) is 0 Å². The Kier molecular flexibility index (Phi) is 8.92. The second kappa shape index (κ2) is 9.89. The molecule has 0 spiro atoms. The minimum atomic E-state index is 0.683. The van der Waals surface area contributed by atoms with Gasteiger partial charge >= 0.3 is 0 Å². The third kappa shape index (κ3) is 5.92.